The summed E-state index contributed by atoms with van der Waals surface area (Å²) in [6, 6.07) is 15.4. The monoisotopic (exact) mass is 396 g/mol. The van der Waals surface area contributed by atoms with Crippen molar-refractivity contribution in [3.8, 4) is 11.5 Å². The summed E-state index contributed by atoms with van der Waals surface area (Å²) in [6.45, 7) is 1.31. The maximum atomic E-state index is 12.7. The molecule has 0 unspecified atom stereocenters. The number of methoxy groups -OCH3 is 2. The average molecular weight is 396 g/mol. The van der Waals surface area contributed by atoms with Crippen LogP contribution in [-0.2, 0) is 22.4 Å². The Bertz CT molecular complexity index is 830. The van der Waals surface area contributed by atoms with Gasteiger partial charge >= 0.3 is 0 Å². The molecule has 29 heavy (non-hydrogen) atoms. The molecule has 6 nitrogen and oxygen atoms in total. The highest BCUT2D eigenvalue weighted by Gasteiger charge is 2.24. The Hall–Kier alpha value is -3.02. The zero-order chi connectivity index (χ0) is 20.6. The molecule has 0 atom stereocenters. The van der Waals surface area contributed by atoms with Crippen molar-refractivity contribution in [2.75, 3.05) is 27.3 Å². The Labute approximate surface area is 171 Å². The van der Waals surface area contributed by atoms with Gasteiger partial charge in [-0.25, -0.2) is 0 Å². The largest absolute Gasteiger partial charge is 0.493 e. The summed E-state index contributed by atoms with van der Waals surface area (Å²) in [6.07, 6.45) is 2.26. The Balaban J connectivity index is 1.46. The van der Waals surface area contributed by atoms with Crippen LogP contribution in [0.1, 0.15) is 24.0 Å². The van der Waals surface area contributed by atoms with Crippen LogP contribution in [0.4, 0.5) is 0 Å². The molecule has 1 aliphatic rings. The number of rotatable bonds is 7. The van der Waals surface area contributed by atoms with Crippen molar-refractivity contribution in [2.45, 2.75) is 31.7 Å². The molecule has 2 aromatic carbocycles. The van der Waals surface area contributed by atoms with Gasteiger partial charge in [0.25, 0.3) is 0 Å². The number of likely N-dealkylation sites (tertiary alicyclic amines) is 1. The normalized spacial score (nSPS) is 14.3. The molecule has 1 saturated heterocycles. The van der Waals surface area contributed by atoms with Crippen LogP contribution in [0, 0.1) is 0 Å². The first-order valence-corrected chi connectivity index (χ1v) is 9.91. The van der Waals surface area contributed by atoms with Crippen LogP contribution in [0.15, 0.2) is 48.5 Å². The molecule has 0 saturated carbocycles. The number of nitrogens with zero attached hydrogens (tertiary/aromatic N) is 1. The Kier molecular flexibility index (Phi) is 7.11. The first-order chi connectivity index (χ1) is 14.1. The fourth-order valence-corrected chi connectivity index (χ4v) is 3.61. The van der Waals surface area contributed by atoms with E-state index >= 15 is 0 Å². The standard InChI is InChI=1S/C23H28N2O4/c1-28-20-9-8-18(14-21(20)29-2)16-23(27)25-12-10-19(11-13-25)24-22(26)15-17-6-4-3-5-7-17/h3-9,14,19H,10-13,15-16H2,1-2H3,(H,24,26). The Morgan fingerprint density at radius 3 is 2.28 bits per heavy atom. The second-order valence-electron chi connectivity index (χ2n) is 7.25. The molecule has 6 heteroatoms. The summed E-state index contributed by atoms with van der Waals surface area (Å²) in [5, 5.41) is 3.10. The summed E-state index contributed by atoms with van der Waals surface area (Å²) in [5.41, 5.74) is 1.90. The van der Waals surface area contributed by atoms with Crippen LogP contribution in [0.5, 0.6) is 11.5 Å². The van der Waals surface area contributed by atoms with Crippen LogP contribution < -0.4 is 14.8 Å². The van der Waals surface area contributed by atoms with Crippen molar-refractivity contribution in [2.24, 2.45) is 0 Å². The number of piperidine rings is 1. The number of hydrogen-bond donors (Lipinski definition) is 1. The Morgan fingerprint density at radius 1 is 0.931 bits per heavy atom. The molecule has 0 aromatic heterocycles. The molecule has 0 aliphatic carbocycles. The molecule has 1 heterocycles. The first-order valence-electron chi connectivity index (χ1n) is 9.91. The van der Waals surface area contributed by atoms with E-state index in [4.69, 9.17) is 9.47 Å². The molecular formula is C23H28N2O4. The lowest BCUT2D eigenvalue weighted by Crippen LogP contribution is -2.47. The number of carbonyl (C=O) groups excluding carboxylic acids is 2. The third kappa shape index (κ3) is 5.73. The lowest BCUT2D eigenvalue weighted by atomic mass is 10.0. The third-order valence-electron chi connectivity index (χ3n) is 5.22. The molecule has 0 spiro atoms. The van der Waals surface area contributed by atoms with Crippen LogP contribution in [-0.4, -0.2) is 50.1 Å². The average Bonchev–Trinajstić information content (AvgIpc) is 2.74. The topological polar surface area (TPSA) is 67.9 Å². The van der Waals surface area contributed by atoms with Gasteiger partial charge in [0, 0.05) is 19.1 Å². The SMILES string of the molecule is COc1ccc(CC(=O)N2CCC(NC(=O)Cc3ccccc3)CC2)cc1OC. The molecule has 3 rings (SSSR count). The summed E-state index contributed by atoms with van der Waals surface area (Å²) in [5.74, 6) is 1.39. The molecule has 0 radical (unpaired) electrons. The minimum Gasteiger partial charge on any atom is -0.493 e. The minimum atomic E-state index is 0.0336. The van der Waals surface area contributed by atoms with Crippen molar-refractivity contribution >= 4 is 11.8 Å². The third-order valence-corrected chi connectivity index (χ3v) is 5.22. The second-order valence-corrected chi connectivity index (χ2v) is 7.25. The molecule has 1 fully saturated rings. The van der Waals surface area contributed by atoms with Gasteiger partial charge in [-0.1, -0.05) is 36.4 Å². The predicted molar refractivity (Wildman–Crippen MR) is 111 cm³/mol. The maximum absolute atomic E-state index is 12.7. The maximum Gasteiger partial charge on any atom is 0.226 e. The van der Waals surface area contributed by atoms with E-state index in [-0.39, 0.29) is 17.9 Å². The molecule has 0 bridgehead atoms. The molecular weight excluding hydrogens is 368 g/mol. The minimum absolute atomic E-state index is 0.0336. The van der Waals surface area contributed by atoms with Gasteiger partial charge in [-0.15, -0.1) is 0 Å². The van der Waals surface area contributed by atoms with E-state index in [9.17, 15) is 9.59 Å². The van der Waals surface area contributed by atoms with Crippen LogP contribution >= 0.6 is 0 Å². The van der Waals surface area contributed by atoms with Gasteiger partial charge in [-0.3, -0.25) is 9.59 Å². The van der Waals surface area contributed by atoms with E-state index in [0.717, 1.165) is 24.0 Å². The van der Waals surface area contributed by atoms with Crippen LogP contribution in [0.25, 0.3) is 0 Å². The van der Waals surface area contributed by atoms with E-state index in [1.165, 1.54) is 0 Å². The van der Waals surface area contributed by atoms with Crippen molar-refractivity contribution in [1.82, 2.24) is 10.2 Å². The lowest BCUT2D eigenvalue weighted by Gasteiger charge is -2.32. The van der Waals surface area contributed by atoms with Gasteiger partial charge < -0.3 is 19.7 Å². The number of hydrogen-bond acceptors (Lipinski definition) is 4. The highest BCUT2D eigenvalue weighted by Crippen LogP contribution is 2.28. The molecule has 2 amide bonds. The van der Waals surface area contributed by atoms with Crippen molar-refractivity contribution < 1.29 is 19.1 Å². The van der Waals surface area contributed by atoms with Gasteiger partial charge in [-0.2, -0.15) is 0 Å². The molecule has 2 aromatic rings. The zero-order valence-electron chi connectivity index (χ0n) is 17.0. The summed E-state index contributed by atoms with van der Waals surface area (Å²) in [7, 11) is 3.17. The quantitative estimate of drug-likeness (QED) is 0.781. The molecule has 1 N–H and O–H groups in total. The fourth-order valence-electron chi connectivity index (χ4n) is 3.61. The smallest absolute Gasteiger partial charge is 0.226 e. The van der Waals surface area contributed by atoms with Crippen LogP contribution in [0.3, 0.4) is 0 Å². The lowest BCUT2D eigenvalue weighted by molar-refractivity contribution is -0.131. The van der Waals surface area contributed by atoms with Gasteiger partial charge in [0.1, 0.15) is 0 Å². The van der Waals surface area contributed by atoms with E-state index < -0.39 is 0 Å². The number of amides is 2. The van der Waals surface area contributed by atoms with E-state index in [1.807, 2.05) is 53.4 Å². The highest BCUT2D eigenvalue weighted by molar-refractivity contribution is 5.80. The molecule has 1 aliphatic heterocycles. The summed E-state index contributed by atoms with van der Waals surface area (Å²) >= 11 is 0. The van der Waals surface area contributed by atoms with Gasteiger partial charge in [-0.05, 0) is 36.1 Å². The first kappa shape index (κ1) is 20.7. The van der Waals surface area contributed by atoms with Crippen molar-refractivity contribution in [3.05, 3.63) is 59.7 Å². The van der Waals surface area contributed by atoms with E-state index in [0.29, 0.717) is 37.4 Å². The number of nitrogens with one attached hydrogen (secondary N) is 1. The van der Waals surface area contributed by atoms with Crippen molar-refractivity contribution in [3.63, 3.8) is 0 Å². The fraction of sp³-hybridized carbons (Fsp3) is 0.391. The number of ether oxygens (including phenoxy) is 2. The number of carbonyl (C=O) groups is 2. The van der Waals surface area contributed by atoms with E-state index in [2.05, 4.69) is 5.32 Å². The highest BCUT2D eigenvalue weighted by atomic mass is 16.5. The van der Waals surface area contributed by atoms with Crippen LogP contribution in [0.2, 0.25) is 0 Å². The van der Waals surface area contributed by atoms with Gasteiger partial charge in [0.05, 0.1) is 27.1 Å². The van der Waals surface area contributed by atoms with Gasteiger partial charge in [0.2, 0.25) is 11.8 Å². The summed E-state index contributed by atoms with van der Waals surface area (Å²) < 4.78 is 10.5. The number of benzene rings is 2. The molecule has 154 valence electrons. The zero-order valence-corrected chi connectivity index (χ0v) is 17.0. The van der Waals surface area contributed by atoms with Gasteiger partial charge in [0.15, 0.2) is 11.5 Å². The second kappa shape index (κ2) is 9.96. The van der Waals surface area contributed by atoms with Crippen molar-refractivity contribution in [1.29, 1.82) is 0 Å². The predicted octanol–water partition coefficient (Wildman–Crippen LogP) is 2.60. The van der Waals surface area contributed by atoms with E-state index in [1.54, 1.807) is 14.2 Å². The Morgan fingerprint density at radius 2 is 1.62 bits per heavy atom. The summed E-state index contributed by atoms with van der Waals surface area (Å²) in [4.78, 5) is 26.8.